The predicted molar refractivity (Wildman–Crippen MR) is 60.3 cm³/mol. The van der Waals surface area contributed by atoms with Gasteiger partial charge in [-0.2, -0.15) is 0 Å². The maximum Gasteiger partial charge on any atom is 0.0701 e. The summed E-state index contributed by atoms with van der Waals surface area (Å²) >= 11 is 11.1. The fraction of sp³-hybridized carbons (Fsp3) is 0.556. The molecule has 0 aliphatic heterocycles. The van der Waals surface area contributed by atoms with Crippen molar-refractivity contribution < 1.29 is 0 Å². The highest BCUT2D eigenvalue weighted by Crippen LogP contribution is 2.33. The summed E-state index contributed by atoms with van der Waals surface area (Å²) in [5, 5.41) is 0. The lowest BCUT2D eigenvalue weighted by atomic mass is 9.96. The quantitative estimate of drug-likeness (QED) is 0.708. The normalized spacial score (nSPS) is 13.8. The topological polar surface area (TPSA) is 0 Å². The van der Waals surface area contributed by atoms with Gasteiger partial charge in [-0.3, -0.25) is 0 Å². The van der Waals surface area contributed by atoms with E-state index < -0.39 is 0 Å². The van der Waals surface area contributed by atoms with Gasteiger partial charge in [0.15, 0.2) is 0 Å². The molecule has 0 saturated heterocycles. The van der Waals surface area contributed by atoms with Gasteiger partial charge in [0.25, 0.3) is 0 Å². The van der Waals surface area contributed by atoms with Crippen LogP contribution in [0.15, 0.2) is 15.9 Å². The Labute approximate surface area is 91.1 Å². The number of thiophene rings is 1. The Morgan fingerprint density at radius 2 is 2.17 bits per heavy atom. The second kappa shape index (κ2) is 4.64. The summed E-state index contributed by atoms with van der Waals surface area (Å²) in [7, 11) is 0. The van der Waals surface area contributed by atoms with Gasteiger partial charge >= 0.3 is 0 Å². The maximum atomic E-state index is 5.90. The van der Waals surface area contributed by atoms with E-state index in [4.69, 9.17) is 11.6 Å². The Kier molecular flexibility index (Phi) is 4.08. The van der Waals surface area contributed by atoms with Crippen molar-refractivity contribution in [3.8, 4) is 0 Å². The molecule has 0 N–H and O–H groups in total. The molecule has 12 heavy (non-hydrogen) atoms. The summed E-state index contributed by atoms with van der Waals surface area (Å²) in [6, 6.07) is 4.24. The lowest BCUT2D eigenvalue weighted by Crippen LogP contribution is -2.05. The molecule has 0 spiro atoms. The van der Waals surface area contributed by atoms with Crippen LogP contribution in [0, 0.1) is 5.92 Å². The third-order valence-electron chi connectivity index (χ3n) is 1.93. The van der Waals surface area contributed by atoms with Crippen molar-refractivity contribution in [2.75, 3.05) is 5.88 Å². The van der Waals surface area contributed by atoms with Crippen molar-refractivity contribution in [2.45, 2.75) is 19.8 Å². The van der Waals surface area contributed by atoms with Crippen molar-refractivity contribution in [1.82, 2.24) is 0 Å². The van der Waals surface area contributed by atoms with Gasteiger partial charge in [0.1, 0.15) is 0 Å². The molecule has 1 atom stereocenters. The van der Waals surface area contributed by atoms with Gasteiger partial charge in [-0.1, -0.05) is 13.8 Å². The van der Waals surface area contributed by atoms with E-state index in [0.717, 1.165) is 0 Å². The standard InChI is InChI=1S/C9H12BrClS/c1-6(2)7(5-11)8-3-4-9(10)12-8/h3-4,6-7H,5H2,1-2H3. The predicted octanol–water partition coefficient (Wildman–Crippen LogP) is 4.49. The fourth-order valence-corrected chi connectivity index (χ4v) is 3.42. The highest BCUT2D eigenvalue weighted by molar-refractivity contribution is 9.11. The first kappa shape index (κ1) is 10.6. The molecule has 1 aromatic heterocycles. The molecule has 0 fully saturated rings. The Hall–Kier alpha value is 0.470. The number of hydrogen-bond acceptors (Lipinski definition) is 1. The number of hydrogen-bond donors (Lipinski definition) is 0. The van der Waals surface area contributed by atoms with Crippen LogP contribution in [0.3, 0.4) is 0 Å². The zero-order valence-corrected chi connectivity index (χ0v) is 10.3. The van der Waals surface area contributed by atoms with Crippen molar-refractivity contribution in [3.63, 3.8) is 0 Å². The molecule has 3 heteroatoms. The first-order chi connectivity index (χ1) is 5.65. The first-order valence-corrected chi connectivity index (χ1v) is 6.10. The van der Waals surface area contributed by atoms with Gasteiger partial charge < -0.3 is 0 Å². The second-order valence-corrected chi connectivity index (χ2v) is 5.95. The van der Waals surface area contributed by atoms with E-state index in [1.807, 2.05) is 0 Å². The van der Waals surface area contributed by atoms with Gasteiger partial charge in [-0.25, -0.2) is 0 Å². The number of alkyl halides is 1. The minimum absolute atomic E-state index is 0.503. The summed E-state index contributed by atoms with van der Waals surface area (Å²) in [5.74, 6) is 1.83. The molecule has 0 radical (unpaired) electrons. The molecule has 0 aliphatic rings. The van der Waals surface area contributed by atoms with Crippen LogP contribution in [0.25, 0.3) is 0 Å². The molecule has 1 aromatic rings. The average Bonchev–Trinajstić information content (AvgIpc) is 2.37. The van der Waals surface area contributed by atoms with Gasteiger partial charge in [0.2, 0.25) is 0 Å². The van der Waals surface area contributed by atoms with Gasteiger partial charge in [0, 0.05) is 16.7 Å². The summed E-state index contributed by atoms with van der Waals surface area (Å²) in [4.78, 5) is 1.38. The van der Waals surface area contributed by atoms with E-state index in [-0.39, 0.29) is 0 Å². The van der Waals surface area contributed by atoms with Gasteiger partial charge in [-0.15, -0.1) is 22.9 Å². The first-order valence-electron chi connectivity index (χ1n) is 3.96. The highest BCUT2D eigenvalue weighted by atomic mass is 79.9. The monoisotopic (exact) mass is 266 g/mol. The summed E-state index contributed by atoms with van der Waals surface area (Å²) in [6.45, 7) is 4.42. The molecular formula is C9H12BrClS. The average molecular weight is 268 g/mol. The van der Waals surface area contributed by atoms with Crippen LogP contribution in [-0.2, 0) is 0 Å². The molecule has 68 valence electrons. The SMILES string of the molecule is CC(C)C(CCl)c1ccc(Br)s1. The zero-order valence-electron chi connectivity index (χ0n) is 7.18. The number of halogens is 2. The lowest BCUT2D eigenvalue weighted by molar-refractivity contribution is 0.547. The zero-order chi connectivity index (χ0) is 9.14. The molecule has 1 unspecified atom stereocenters. The molecule has 0 amide bonds. The van der Waals surface area contributed by atoms with Crippen molar-refractivity contribution in [2.24, 2.45) is 5.92 Å². The van der Waals surface area contributed by atoms with Crippen LogP contribution in [-0.4, -0.2) is 5.88 Å². The van der Waals surface area contributed by atoms with E-state index in [2.05, 4.69) is 41.9 Å². The van der Waals surface area contributed by atoms with Gasteiger partial charge in [0.05, 0.1) is 3.79 Å². The molecule has 1 rings (SSSR count). The molecule has 1 heterocycles. The summed E-state index contributed by atoms with van der Waals surface area (Å²) in [5.41, 5.74) is 0. The van der Waals surface area contributed by atoms with Crippen LogP contribution in [0.4, 0.5) is 0 Å². The van der Waals surface area contributed by atoms with Crippen LogP contribution in [0.2, 0.25) is 0 Å². The van der Waals surface area contributed by atoms with Crippen LogP contribution < -0.4 is 0 Å². The molecule has 0 nitrogen and oxygen atoms in total. The highest BCUT2D eigenvalue weighted by Gasteiger charge is 2.15. The van der Waals surface area contributed by atoms with Crippen LogP contribution in [0.1, 0.15) is 24.6 Å². The molecule has 0 aromatic carbocycles. The lowest BCUT2D eigenvalue weighted by Gasteiger charge is -2.15. The van der Waals surface area contributed by atoms with Crippen LogP contribution >= 0.6 is 38.9 Å². The third-order valence-corrected chi connectivity index (χ3v) is 4.02. The van der Waals surface area contributed by atoms with E-state index in [9.17, 15) is 0 Å². The Morgan fingerprint density at radius 3 is 2.50 bits per heavy atom. The minimum atomic E-state index is 0.503. The second-order valence-electron chi connectivity index (χ2n) is 3.15. The summed E-state index contributed by atoms with van der Waals surface area (Å²) in [6.07, 6.45) is 0. The van der Waals surface area contributed by atoms with Crippen molar-refractivity contribution >= 4 is 38.9 Å². The molecule has 0 aliphatic carbocycles. The smallest absolute Gasteiger partial charge is 0.0701 e. The van der Waals surface area contributed by atoms with E-state index >= 15 is 0 Å². The van der Waals surface area contributed by atoms with E-state index in [1.165, 1.54) is 8.66 Å². The number of rotatable bonds is 3. The van der Waals surface area contributed by atoms with Crippen molar-refractivity contribution in [3.05, 3.63) is 20.8 Å². The largest absolute Gasteiger partial charge is 0.133 e. The Morgan fingerprint density at radius 1 is 1.50 bits per heavy atom. The molecule has 0 bridgehead atoms. The molecular weight excluding hydrogens is 256 g/mol. The van der Waals surface area contributed by atoms with Crippen LogP contribution in [0.5, 0.6) is 0 Å². The van der Waals surface area contributed by atoms with E-state index in [1.54, 1.807) is 11.3 Å². The minimum Gasteiger partial charge on any atom is -0.133 e. The van der Waals surface area contributed by atoms with Gasteiger partial charge in [-0.05, 0) is 34.0 Å². The third kappa shape index (κ3) is 2.48. The van der Waals surface area contributed by atoms with E-state index in [0.29, 0.717) is 17.7 Å². The molecule has 0 saturated carbocycles. The maximum absolute atomic E-state index is 5.90. The summed E-state index contributed by atoms with van der Waals surface area (Å²) < 4.78 is 1.19. The fourth-order valence-electron chi connectivity index (χ4n) is 1.11. The van der Waals surface area contributed by atoms with Crippen molar-refractivity contribution in [1.29, 1.82) is 0 Å². The Balaban J connectivity index is 2.80. The Bertz CT molecular complexity index is 244.